The molecule has 0 radical (unpaired) electrons. The molecule has 1 atom stereocenters. The first-order chi connectivity index (χ1) is 8.56. The number of nitrogen functional groups attached to an aromatic ring is 1. The van der Waals surface area contributed by atoms with Crippen molar-refractivity contribution in [1.82, 2.24) is 10.2 Å². The van der Waals surface area contributed by atoms with Crippen LogP contribution in [0.3, 0.4) is 0 Å². The highest BCUT2D eigenvalue weighted by Gasteiger charge is 2.13. The van der Waals surface area contributed by atoms with E-state index in [-0.39, 0.29) is 5.92 Å². The van der Waals surface area contributed by atoms with E-state index in [0.717, 1.165) is 11.4 Å². The SMILES string of the molecule is CC(C)Cc1ccc([C@H](C)c2nnc(N)s2)cc1. The van der Waals surface area contributed by atoms with Crippen LogP contribution >= 0.6 is 11.3 Å². The third-order valence-corrected chi connectivity index (χ3v) is 3.89. The van der Waals surface area contributed by atoms with Crippen molar-refractivity contribution in [3.8, 4) is 0 Å². The Labute approximate surface area is 112 Å². The molecule has 0 aliphatic heterocycles. The van der Waals surface area contributed by atoms with Crippen molar-refractivity contribution in [2.24, 2.45) is 5.92 Å². The van der Waals surface area contributed by atoms with Gasteiger partial charge in [0.2, 0.25) is 5.13 Å². The van der Waals surface area contributed by atoms with Gasteiger partial charge in [0, 0.05) is 5.92 Å². The second-order valence-electron chi connectivity index (χ2n) is 5.04. The highest BCUT2D eigenvalue weighted by molar-refractivity contribution is 7.15. The van der Waals surface area contributed by atoms with Gasteiger partial charge in [-0.2, -0.15) is 0 Å². The molecule has 4 heteroatoms. The zero-order valence-electron chi connectivity index (χ0n) is 11.1. The van der Waals surface area contributed by atoms with Crippen LogP contribution in [0, 0.1) is 5.92 Å². The molecule has 1 aromatic heterocycles. The third-order valence-electron chi connectivity index (χ3n) is 2.95. The van der Waals surface area contributed by atoms with Gasteiger partial charge < -0.3 is 5.73 Å². The number of hydrogen-bond donors (Lipinski definition) is 1. The summed E-state index contributed by atoms with van der Waals surface area (Å²) in [5.41, 5.74) is 8.27. The molecule has 0 saturated carbocycles. The van der Waals surface area contributed by atoms with Crippen molar-refractivity contribution < 1.29 is 0 Å². The van der Waals surface area contributed by atoms with Gasteiger partial charge in [-0.15, -0.1) is 10.2 Å². The van der Waals surface area contributed by atoms with E-state index in [1.807, 2.05) is 0 Å². The van der Waals surface area contributed by atoms with E-state index in [0.29, 0.717) is 11.0 Å². The number of nitrogens with zero attached hydrogens (tertiary/aromatic N) is 2. The lowest BCUT2D eigenvalue weighted by molar-refractivity contribution is 0.647. The first kappa shape index (κ1) is 13.0. The van der Waals surface area contributed by atoms with Crippen molar-refractivity contribution in [3.63, 3.8) is 0 Å². The monoisotopic (exact) mass is 261 g/mol. The van der Waals surface area contributed by atoms with Gasteiger partial charge in [0.25, 0.3) is 0 Å². The summed E-state index contributed by atoms with van der Waals surface area (Å²) in [6.45, 7) is 6.61. The van der Waals surface area contributed by atoms with E-state index in [4.69, 9.17) is 5.73 Å². The second-order valence-corrected chi connectivity index (χ2v) is 6.08. The normalized spacial score (nSPS) is 12.9. The van der Waals surface area contributed by atoms with E-state index < -0.39 is 0 Å². The molecule has 0 aliphatic carbocycles. The maximum absolute atomic E-state index is 5.62. The summed E-state index contributed by atoms with van der Waals surface area (Å²) in [5, 5.41) is 9.48. The summed E-state index contributed by atoms with van der Waals surface area (Å²) < 4.78 is 0. The summed E-state index contributed by atoms with van der Waals surface area (Å²) in [4.78, 5) is 0. The van der Waals surface area contributed by atoms with Crippen molar-refractivity contribution in [1.29, 1.82) is 0 Å². The van der Waals surface area contributed by atoms with Crippen LogP contribution in [0.2, 0.25) is 0 Å². The molecular weight excluding hydrogens is 242 g/mol. The summed E-state index contributed by atoms with van der Waals surface area (Å²) in [6.07, 6.45) is 1.13. The molecule has 2 N–H and O–H groups in total. The Hall–Kier alpha value is -1.42. The maximum Gasteiger partial charge on any atom is 0.203 e. The van der Waals surface area contributed by atoms with Crippen molar-refractivity contribution in [2.45, 2.75) is 33.1 Å². The number of aromatic nitrogens is 2. The van der Waals surface area contributed by atoms with E-state index in [1.54, 1.807) is 0 Å². The first-order valence-electron chi connectivity index (χ1n) is 6.24. The molecule has 0 unspecified atom stereocenters. The number of anilines is 1. The average molecular weight is 261 g/mol. The summed E-state index contributed by atoms with van der Waals surface area (Å²) in [6, 6.07) is 8.77. The summed E-state index contributed by atoms with van der Waals surface area (Å²) in [7, 11) is 0. The Morgan fingerprint density at radius 2 is 1.78 bits per heavy atom. The molecule has 1 aromatic carbocycles. The molecule has 1 heterocycles. The summed E-state index contributed by atoms with van der Waals surface area (Å²) in [5.74, 6) is 0.948. The van der Waals surface area contributed by atoms with Crippen molar-refractivity contribution in [2.75, 3.05) is 5.73 Å². The van der Waals surface area contributed by atoms with Crippen LogP contribution in [0.25, 0.3) is 0 Å². The van der Waals surface area contributed by atoms with Crippen LogP contribution in [0.1, 0.15) is 42.8 Å². The van der Waals surface area contributed by atoms with Crippen LogP contribution in [0.15, 0.2) is 24.3 Å². The molecule has 18 heavy (non-hydrogen) atoms. The van der Waals surface area contributed by atoms with Gasteiger partial charge >= 0.3 is 0 Å². The van der Waals surface area contributed by atoms with E-state index in [1.165, 1.54) is 22.5 Å². The topological polar surface area (TPSA) is 51.8 Å². The first-order valence-corrected chi connectivity index (χ1v) is 7.05. The fraction of sp³-hybridized carbons (Fsp3) is 0.429. The average Bonchev–Trinajstić information content (AvgIpc) is 2.75. The Morgan fingerprint density at radius 3 is 2.28 bits per heavy atom. The maximum atomic E-state index is 5.62. The van der Waals surface area contributed by atoms with Crippen LogP contribution in [-0.4, -0.2) is 10.2 Å². The number of rotatable bonds is 4. The fourth-order valence-electron chi connectivity index (χ4n) is 1.98. The van der Waals surface area contributed by atoms with Crippen molar-refractivity contribution >= 4 is 16.5 Å². The summed E-state index contributed by atoms with van der Waals surface area (Å²) >= 11 is 1.46. The second kappa shape index (κ2) is 5.48. The van der Waals surface area contributed by atoms with Gasteiger partial charge in [-0.1, -0.05) is 56.4 Å². The number of hydrogen-bond acceptors (Lipinski definition) is 4. The predicted molar refractivity (Wildman–Crippen MR) is 76.8 cm³/mol. The highest BCUT2D eigenvalue weighted by atomic mass is 32.1. The largest absolute Gasteiger partial charge is 0.374 e. The Balaban J connectivity index is 2.14. The number of nitrogens with two attached hydrogens (primary N) is 1. The minimum Gasteiger partial charge on any atom is -0.374 e. The fourth-order valence-corrected chi connectivity index (χ4v) is 2.67. The van der Waals surface area contributed by atoms with E-state index in [2.05, 4.69) is 55.2 Å². The Kier molecular flexibility index (Phi) is 3.97. The molecule has 0 spiro atoms. The molecule has 3 nitrogen and oxygen atoms in total. The lowest BCUT2D eigenvalue weighted by atomic mass is 9.97. The molecule has 0 saturated heterocycles. The minimum atomic E-state index is 0.257. The minimum absolute atomic E-state index is 0.257. The van der Waals surface area contributed by atoms with Gasteiger partial charge in [0.15, 0.2) is 0 Å². The van der Waals surface area contributed by atoms with Gasteiger partial charge in [-0.05, 0) is 23.5 Å². The number of benzene rings is 1. The van der Waals surface area contributed by atoms with Crippen LogP contribution in [0.5, 0.6) is 0 Å². The Bertz CT molecular complexity index is 502. The van der Waals surface area contributed by atoms with Gasteiger partial charge in [-0.25, -0.2) is 0 Å². The smallest absolute Gasteiger partial charge is 0.203 e. The molecular formula is C14H19N3S. The van der Waals surface area contributed by atoms with E-state index in [9.17, 15) is 0 Å². The molecule has 96 valence electrons. The molecule has 0 bridgehead atoms. The van der Waals surface area contributed by atoms with E-state index >= 15 is 0 Å². The van der Waals surface area contributed by atoms with Crippen LogP contribution < -0.4 is 5.73 Å². The Morgan fingerprint density at radius 1 is 1.11 bits per heavy atom. The highest BCUT2D eigenvalue weighted by Crippen LogP contribution is 2.27. The van der Waals surface area contributed by atoms with Crippen LogP contribution in [0.4, 0.5) is 5.13 Å². The molecule has 0 fully saturated rings. The van der Waals surface area contributed by atoms with Crippen molar-refractivity contribution in [3.05, 3.63) is 40.4 Å². The zero-order chi connectivity index (χ0) is 13.1. The predicted octanol–water partition coefficient (Wildman–Crippen LogP) is 3.47. The molecule has 0 amide bonds. The van der Waals surface area contributed by atoms with Gasteiger partial charge in [0.1, 0.15) is 5.01 Å². The molecule has 0 aliphatic rings. The van der Waals surface area contributed by atoms with Gasteiger partial charge in [-0.3, -0.25) is 0 Å². The quantitative estimate of drug-likeness (QED) is 0.916. The zero-order valence-corrected chi connectivity index (χ0v) is 11.9. The standard InChI is InChI=1S/C14H19N3S/c1-9(2)8-11-4-6-12(7-5-11)10(3)13-16-17-14(15)18-13/h4-7,9-10H,8H2,1-3H3,(H2,15,17)/t10-/m0/s1. The van der Waals surface area contributed by atoms with Gasteiger partial charge in [0.05, 0.1) is 0 Å². The molecule has 2 aromatic rings. The lowest BCUT2D eigenvalue weighted by Gasteiger charge is -2.10. The lowest BCUT2D eigenvalue weighted by Crippen LogP contribution is -1.98. The van der Waals surface area contributed by atoms with Crippen LogP contribution in [-0.2, 0) is 6.42 Å². The molecule has 2 rings (SSSR count). The third kappa shape index (κ3) is 3.07.